The van der Waals surface area contributed by atoms with E-state index in [0.717, 1.165) is 6.42 Å². The molecule has 1 aliphatic rings. The summed E-state index contributed by atoms with van der Waals surface area (Å²) >= 11 is 0. The van der Waals surface area contributed by atoms with Crippen LogP contribution < -0.4 is 0 Å². The van der Waals surface area contributed by atoms with Crippen LogP contribution in [0.1, 0.15) is 33.0 Å². The molecule has 0 bridgehead atoms. The highest BCUT2D eigenvalue weighted by atomic mass is 14.7. The molecule has 3 rings (SSSR count). The third-order valence-electron chi connectivity index (χ3n) is 2.62. The standard InChI is InChI=1S/C13H11N.C2H6.H2/c1-2-6-10-11-7-4-5-9-13(11)14-12(10)8-3-1;1-2;/h2-9,14H,1H2;1-2H3;1H. The van der Waals surface area contributed by atoms with E-state index in [0.29, 0.717) is 0 Å². The van der Waals surface area contributed by atoms with Crippen molar-refractivity contribution in [2.75, 3.05) is 0 Å². The molecule has 1 N–H and O–H groups in total. The van der Waals surface area contributed by atoms with E-state index in [1.165, 1.54) is 22.2 Å². The zero-order valence-corrected chi connectivity index (χ0v) is 9.83. The summed E-state index contributed by atoms with van der Waals surface area (Å²) in [6.07, 6.45) is 9.76. The Kier molecular flexibility index (Phi) is 3.25. The monoisotopic (exact) mass is 213 g/mol. The second kappa shape index (κ2) is 4.84. The fourth-order valence-corrected chi connectivity index (χ4v) is 1.95. The largest absolute Gasteiger partial charge is 0.355 e. The van der Waals surface area contributed by atoms with Crippen LogP contribution in [0.25, 0.3) is 23.1 Å². The van der Waals surface area contributed by atoms with Crippen molar-refractivity contribution >= 4 is 23.1 Å². The Morgan fingerprint density at radius 1 is 1.06 bits per heavy atom. The molecule has 1 heterocycles. The molecule has 0 atom stereocenters. The SMILES string of the molecule is C1=Cc2[nH]c3ccccc3c2C=CC1.CC.[HH]. The van der Waals surface area contributed by atoms with Crippen LogP contribution in [0.3, 0.4) is 0 Å². The Hall–Kier alpha value is -1.76. The molecule has 0 aliphatic heterocycles. The predicted molar refractivity (Wildman–Crippen MR) is 74.4 cm³/mol. The van der Waals surface area contributed by atoms with Crippen LogP contribution in [0, 0.1) is 0 Å². The Labute approximate surface area is 98.0 Å². The number of H-pyrrole nitrogens is 1. The van der Waals surface area contributed by atoms with Crippen molar-refractivity contribution in [3.8, 4) is 0 Å². The maximum Gasteiger partial charge on any atom is 0.0464 e. The molecule has 0 saturated heterocycles. The summed E-state index contributed by atoms with van der Waals surface area (Å²) < 4.78 is 0. The summed E-state index contributed by atoms with van der Waals surface area (Å²) in [6.45, 7) is 4.00. The highest BCUT2D eigenvalue weighted by Gasteiger charge is 2.06. The van der Waals surface area contributed by atoms with Crippen molar-refractivity contribution in [2.24, 2.45) is 0 Å². The first kappa shape index (κ1) is 10.7. The summed E-state index contributed by atoms with van der Waals surface area (Å²) in [6, 6.07) is 8.42. The molecular formula is C15H19N. The van der Waals surface area contributed by atoms with Crippen LogP contribution in [-0.2, 0) is 0 Å². The minimum absolute atomic E-state index is 0. The van der Waals surface area contributed by atoms with Crippen LogP contribution in [0.15, 0.2) is 36.4 Å². The fraction of sp³-hybridized carbons (Fsp3) is 0.200. The smallest absolute Gasteiger partial charge is 0.0464 e. The quantitative estimate of drug-likeness (QED) is 0.642. The van der Waals surface area contributed by atoms with Crippen molar-refractivity contribution in [1.29, 1.82) is 0 Å². The average Bonchev–Trinajstić information content (AvgIpc) is 2.54. The Morgan fingerprint density at radius 2 is 1.81 bits per heavy atom. The van der Waals surface area contributed by atoms with Crippen LogP contribution >= 0.6 is 0 Å². The van der Waals surface area contributed by atoms with Crippen molar-refractivity contribution in [3.05, 3.63) is 47.7 Å². The van der Waals surface area contributed by atoms with Gasteiger partial charge in [-0.05, 0) is 18.6 Å². The lowest BCUT2D eigenvalue weighted by Crippen LogP contribution is -1.72. The number of rotatable bonds is 0. The predicted octanol–water partition coefficient (Wildman–Crippen LogP) is 4.87. The topological polar surface area (TPSA) is 15.8 Å². The minimum Gasteiger partial charge on any atom is -0.355 e. The van der Waals surface area contributed by atoms with E-state index in [-0.39, 0.29) is 1.43 Å². The number of hydrogen-bond donors (Lipinski definition) is 1. The summed E-state index contributed by atoms with van der Waals surface area (Å²) in [5.41, 5.74) is 3.75. The van der Waals surface area contributed by atoms with Gasteiger partial charge >= 0.3 is 0 Å². The van der Waals surface area contributed by atoms with Crippen LogP contribution in [0.2, 0.25) is 0 Å². The highest BCUT2D eigenvalue weighted by Crippen LogP contribution is 2.26. The van der Waals surface area contributed by atoms with Gasteiger partial charge in [0.05, 0.1) is 0 Å². The molecule has 2 aromatic rings. The van der Waals surface area contributed by atoms with E-state index >= 15 is 0 Å². The molecule has 0 saturated carbocycles. The van der Waals surface area contributed by atoms with Gasteiger partial charge < -0.3 is 4.98 Å². The van der Waals surface area contributed by atoms with Gasteiger partial charge in [-0.1, -0.05) is 50.3 Å². The Morgan fingerprint density at radius 3 is 2.69 bits per heavy atom. The molecule has 0 amide bonds. The summed E-state index contributed by atoms with van der Waals surface area (Å²) in [4.78, 5) is 3.42. The first-order chi connectivity index (χ1) is 7.95. The third kappa shape index (κ3) is 1.81. The first-order valence-corrected chi connectivity index (χ1v) is 5.89. The molecule has 0 radical (unpaired) electrons. The minimum atomic E-state index is 0. The van der Waals surface area contributed by atoms with E-state index in [2.05, 4.69) is 53.6 Å². The van der Waals surface area contributed by atoms with E-state index in [1.807, 2.05) is 13.8 Å². The Bertz CT molecular complexity index is 535. The van der Waals surface area contributed by atoms with Gasteiger partial charge in [0.2, 0.25) is 0 Å². The number of benzene rings is 1. The van der Waals surface area contributed by atoms with Gasteiger partial charge in [0, 0.05) is 23.6 Å². The Balaban J connectivity index is 0.000000459. The van der Waals surface area contributed by atoms with E-state index in [1.54, 1.807) is 0 Å². The molecule has 0 spiro atoms. The maximum absolute atomic E-state index is 3.42. The van der Waals surface area contributed by atoms with Gasteiger partial charge in [-0.2, -0.15) is 0 Å². The summed E-state index contributed by atoms with van der Waals surface area (Å²) in [5, 5.41) is 1.31. The lowest BCUT2D eigenvalue weighted by Gasteiger charge is -1.90. The molecule has 1 aromatic heterocycles. The van der Waals surface area contributed by atoms with Crippen molar-refractivity contribution < 1.29 is 1.43 Å². The molecular weight excluding hydrogens is 194 g/mol. The summed E-state index contributed by atoms with van der Waals surface area (Å²) in [5.74, 6) is 0. The lowest BCUT2D eigenvalue weighted by atomic mass is 10.1. The fourth-order valence-electron chi connectivity index (χ4n) is 1.95. The molecule has 84 valence electrons. The zero-order valence-electron chi connectivity index (χ0n) is 9.83. The number of allylic oxidation sites excluding steroid dienone is 2. The first-order valence-electron chi connectivity index (χ1n) is 5.89. The number of nitrogens with one attached hydrogen (secondary N) is 1. The number of para-hydroxylation sites is 1. The number of aromatic amines is 1. The van der Waals surface area contributed by atoms with Crippen LogP contribution in [-0.4, -0.2) is 4.98 Å². The van der Waals surface area contributed by atoms with E-state index in [4.69, 9.17) is 0 Å². The lowest BCUT2D eigenvalue weighted by molar-refractivity contribution is 1.41. The molecule has 1 aliphatic carbocycles. The average molecular weight is 213 g/mol. The van der Waals surface area contributed by atoms with Gasteiger partial charge in [0.15, 0.2) is 0 Å². The number of fused-ring (bicyclic) bond motifs is 3. The van der Waals surface area contributed by atoms with Gasteiger partial charge in [-0.3, -0.25) is 0 Å². The van der Waals surface area contributed by atoms with Crippen LogP contribution in [0.4, 0.5) is 0 Å². The van der Waals surface area contributed by atoms with E-state index < -0.39 is 0 Å². The number of aromatic nitrogens is 1. The van der Waals surface area contributed by atoms with Crippen molar-refractivity contribution in [3.63, 3.8) is 0 Å². The normalized spacial score (nSPS) is 12.9. The molecule has 1 aromatic carbocycles. The number of hydrogen-bond acceptors (Lipinski definition) is 0. The molecule has 0 unspecified atom stereocenters. The second-order valence-corrected chi connectivity index (χ2v) is 3.54. The van der Waals surface area contributed by atoms with Crippen molar-refractivity contribution in [1.82, 2.24) is 4.98 Å². The molecule has 0 fully saturated rings. The van der Waals surface area contributed by atoms with E-state index in [9.17, 15) is 0 Å². The third-order valence-corrected chi connectivity index (χ3v) is 2.62. The highest BCUT2D eigenvalue weighted by molar-refractivity contribution is 5.93. The van der Waals surface area contributed by atoms with Gasteiger partial charge in [0.1, 0.15) is 0 Å². The van der Waals surface area contributed by atoms with Gasteiger partial charge in [0.25, 0.3) is 0 Å². The molecule has 1 heteroatoms. The second-order valence-electron chi connectivity index (χ2n) is 3.54. The maximum atomic E-state index is 3.42. The van der Waals surface area contributed by atoms with Gasteiger partial charge in [-0.15, -0.1) is 0 Å². The van der Waals surface area contributed by atoms with Gasteiger partial charge in [-0.25, -0.2) is 0 Å². The zero-order chi connectivity index (χ0) is 11.4. The summed E-state index contributed by atoms with van der Waals surface area (Å²) in [7, 11) is 0. The molecule has 16 heavy (non-hydrogen) atoms. The molecule has 1 nitrogen and oxygen atoms in total. The van der Waals surface area contributed by atoms with Crippen LogP contribution in [0.5, 0.6) is 0 Å². The van der Waals surface area contributed by atoms with Crippen molar-refractivity contribution in [2.45, 2.75) is 20.3 Å².